The van der Waals surface area contributed by atoms with Crippen LogP contribution in [0, 0.1) is 0 Å². The first-order chi connectivity index (χ1) is 8.22. The van der Waals surface area contributed by atoms with Gasteiger partial charge in [-0.1, -0.05) is 30.4 Å². The molecule has 0 saturated heterocycles. The van der Waals surface area contributed by atoms with E-state index in [9.17, 15) is 5.11 Å². The molecule has 0 rings (SSSR count). The Labute approximate surface area is 110 Å². The highest BCUT2D eigenvalue weighted by atomic mass is 16.3. The molecule has 3 heteroatoms. The Morgan fingerprint density at radius 2 is 1.83 bits per heavy atom. The summed E-state index contributed by atoms with van der Waals surface area (Å²) in [5, 5.41) is 9.70. The van der Waals surface area contributed by atoms with Crippen molar-refractivity contribution in [2.45, 2.75) is 33.4 Å². The molecule has 0 amide bonds. The smallest absolute Gasteiger partial charge is 0.138 e. The van der Waals surface area contributed by atoms with Crippen molar-refractivity contribution in [2.24, 2.45) is 11.5 Å². The number of allylic oxidation sites excluding steroid dienone is 6. The second-order valence-electron chi connectivity index (χ2n) is 4.51. The molecule has 18 heavy (non-hydrogen) atoms. The zero-order valence-corrected chi connectivity index (χ0v) is 11.7. The lowest BCUT2D eigenvalue weighted by atomic mass is 9.99. The molecule has 3 nitrogen and oxygen atoms in total. The van der Waals surface area contributed by atoms with Crippen molar-refractivity contribution >= 4 is 0 Å². The average Bonchev–Trinajstić information content (AvgIpc) is 2.23. The van der Waals surface area contributed by atoms with Crippen LogP contribution in [0.5, 0.6) is 0 Å². The molecule has 0 heterocycles. The summed E-state index contributed by atoms with van der Waals surface area (Å²) in [6.07, 6.45) is 8.97. The topological polar surface area (TPSA) is 72.3 Å². The lowest BCUT2D eigenvalue weighted by molar-refractivity contribution is 0.110. The van der Waals surface area contributed by atoms with Crippen LogP contribution in [-0.2, 0) is 0 Å². The fourth-order valence-corrected chi connectivity index (χ4v) is 1.39. The predicted octanol–water partition coefficient (Wildman–Crippen LogP) is 2.52. The number of rotatable bonds is 5. The molecule has 0 saturated carbocycles. The van der Waals surface area contributed by atoms with Crippen LogP contribution in [-0.4, -0.2) is 10.8 Å². The molecule has 0 aliphatic heterocycles. The molecular formula is C15H24N2O. The van der Waals surface area contributed by atoms with Crippen LogP contribution in [0.1, 0.15) is 27.7 Å². The van der Waals surface area contributed by atoms with Gasteiger partial charge in [0.25, 0.3) is 0 Å². The van der Waals surface area contributed by atoms with Gasteiger partial charge >= 0.3 is 0 Å². The van der Waals surface area contributed by atoms with Crippen molar-refractivity contribution in [1.82, 2.24) is 0 Å². The molecule has 1 unspecified atom stereocenters. The Bertz CT molecular complexity index is 418. The number of hydrogen-bond acceptors (Lipinski definition) is 3. The fourth-order valence-electron chi connectivity index (χ4n) is 1.39. The highest BCUT2D eigenvalue weighted by molar-refractivity contribution is 5.44. The molecule has 0 radical (unpaired) electrons. The van der Waals surface area contributed by atoms with Gasteiger partial charge in [0.15, 0.2) is 0 Å². The van der Waals surface area contributed by atoms with Gasteiger partial charge in [0.05, 0.1) is 0 Å². The minimum atomic E-state index is -1.45. The number of nitrogens with two attached hydrogens (primary N) is 2. The first kappa shape index (κ1) is 16.4. The SMILES string of the molecule is C=C(/C=C(C)\C=C/C)/C(C)=C/C(=C\N)C(C)(N)O. The van der Waals surface area contributed by atoms with Crippen molar-refractivity contribution in [3.8, 4) is 0 Å². The normalized spacial score (nSPS) is 18.0. The van der Waals surface area contributed by atoms with E-state index in [0.29, 0.717) is 5.57 Å². The second-order valence-corrected chi connectivity index (χ2v) is 4.51. The molecule has 0 aromatic heterocycles. The van der Waals surface area contributed by atoms with Crippen LogP contribution in [0.25, 0.3) is 0 Å². The first-order valence-corrected chi connectivity index (χ1v) is 5.84. The maximum atomic E-state index is 9.70. The van der Waals surface area contributed by atoms with Crippen molar-refractivity contribution in [2.75, 3.05) is 0 Å². The molecule has 1 atom stereocenters. The van der Waals surface area contributed by atoms with E-state index >= 15 is 0 Å². The molecule has 0 aliphatic carbocycles. The fraction of sp³-hybridized carbons (Fsp3) is 0.333. The molecule has 0 bridgehead atoms. The third-order valence-electron chi connectivity index (χ3n) is 2.47. The first-order valence-electron chi connectivity index (χ1n) is 5.84. The largest absolute Gasteiger partial charge is 0.404 e. The van der Waals surface area contributed by atoms with E-state index in [4.69, 9.17) is 11.5 Å². The van der Waals surface area contributed by atoms with Crippen molar-refractivity contribution < 1.29 is 5.11 Å². The van der Waals surface area contributed by atoms with Crippen LogP contribution in [0.4, 0.5) is 0 Å². The summed E-state index contributed by atoms with van der Waals surface area (Å²) >= 11 is 0. The summed E-state index contributed by atoms with van der Waals surface area (Å²) in [7, 11) is 0. The zero-order valence-electron chi connectivity index (χ0n) is 11.7. The van der Waals surface area contributed by atoms with Crippen LogP contribution < -0.4 is 11.5 Å². The Hall–Kier alpha value is -1.58. The Morgan fingerprint density at radius 3 is 2.22 bits per heavy atom. The van der Waals surface area contributed by atoms with E-state index in [1.54, 1.807) is 6.08 Å². The molecule has 100 valence electrons. The Kier molecular flexibility index (Phi) is 6.37. The van der Waals surface area contributed by atoms with Gasteiger partial charge in [-0.2, -0.15) is 0 Å². The minimum Gasteiger partial charge on any atom is -0.404 e. The van der Waals surface area contributed by atoms with E-state index in [-0.39, 0.29) is 0 Å². The van der Waals surface area contributed by atoms with Gasteiger partial charge in [-0.15, -0.1) is 0 Å². The maximum absolute atomic E-state index is 9.70. The van der Waals surface area contributed by atoms with E-state index in [2.05, 4.69) is 6.58 Å². The van der Waals surface area contributed by atoms with E-state index < -0.39 is 5.72 Å². The lowest BCUT2D eigenvalue weighted by Gasteiger charge is -2.19. The van der Waals surface area contributed by atoms with Crippen molar-refractivity contribution in [3.05, 3.63) is 59.4 Å². The van der Waals surface area contributed by atoms with Gasteiger partial charge in [0, 0.05) is 11.8 Å². The summed E-state index contributed by atoms with van der Waals surface area (Å²) in [6.45, 7) is 11.3. The minimum absolute atomic E-state index is 0.457. The quantitative estimate of drug-likeness (QED) is 0.517. The van der Waals surface area contributed by atoms with Crippen LogP contribution in [0.15, 0.2) is 59.4 Å². The number of hydrogen-bond donors (Lipinski definition) is 3. The third-order valence-corrected chi connectivity index (χ3v) is 2.47. The van der Waals surface area contributed by atoms with E-state index in [0.717, 1.165) is 16.7 Å². The van der Waals surface area contributed by atoms with Crippen LogP contribution in [0.3, 0.4) is 0 Å². The molecule has 0 aromatic carbocycles. The summed E-state index contributed by atoms with van der Waals surface area (Å²) in [5.74, 6) is 0. The summed E-state index contributed by atoms with van der Waals surface area (Å²) in [5.41, 5.74) is 12.9. The van der Waals surface area contributed by atoms with E-state index in [1.807, 2.05) is 39.0 Å². The Morgan fingerprint density at radius 1 is 1.28 bits per heavy atom. The molecule has 0 fully saturated rings. The standard InChI is InChI=1S/C15H24N2O/c1-6-7-11(2)8-12(3)13(4)9-14(10-16)15(5,17)18/h6-10,18H,3,16-17H2,1-2,4-5H3/b7-6-,11-8-,13-9+,14-10+. The van der Waals surface area contributed by atoms with Gasteiger partial charge in [-0.25, -0.2) is 0 Å². The molecule has 0 aliphatic rings. The number of aliphatic hydroxyl groups is 1. The zero-order chi connectivity index (χ0) is 14.3. The maximum Gasteiger partial charge on any atom is 0.138 e. The molecule has 5 N–H and O–H groups in total. The highest BCUT2D eigenvalue weighted by Gasteiger charge is 2.17. The van der Waals surface area contributed by atoms with Crippen LogP contribution >= 0.6 is 0 Å². The average molecular weight is 248 g/mol. The van der Waals surface area contributed by atoms with E-state index in [1.165, 1.54) is 13.1 Å². The highest BCUT2D eigenvalue weighted by Crippen LogP contribution is 2.18. The summed E-state index contributed by atoms with van der Waals surface area (Å²) in [6, 6.07) is 0. The van der Waals surface area contributed by atoms with Gasteiger partial charge < -0.3 is 10.8 Å². The lowest BCUT2D eigenvalue weighted by Crippen LogP contribution is -2.37. The van der Waals surface area contributed by atoms with Crippen molar-refractivity contribution in [3.63, 3.8) is 0 Å². The molecule has 0 spiro atoms. The van der Waals surface area contributed by atoms with Crippen LogP contribution in [0.2, 0.25) is 0 Å². The molecule has 0 aromatic rings. The molecular weight excluding hydrogens is 224 g/mol. The third kappa shape index (κ3) is 5.66. The van der Waals surface area contributed by atoms with Gasteiger partial charge in [-0.05, 0) is 44.9 Å². The second kappa shape index (κ2) is 6.99. The van der Waals surface area contributed by atoms with Gasteiger partial charge in [0.1, 0.15) is 5.72 Å². The monoisotopic (exact) mass is 248 g/mol. The predicted molar refractivity (Wildman–Crippen MR) is 78.5 cm³/mol. The summed E-state index contributed by atoms with van der Waals surface area (Å²) in [4.78, 5) is 0. The Balaban J connectivity index is 5.12. The van der Waals surface area contributed by atoms with Gasteiger partial charge in [-0.3, -0.25) is 5.73 Å². The summed E-state index contributed by atoms with van der Waals surface area (Å²) < 4.78 is 0. The van der Waals surface area contributed by atoms with Gasteiger partial charge in [0.2, 0.25) is 0 Å². The van der Waals surface area contributed by atoms with Crippen molar-refractivity contribution in [1.29, 1.82) is 0 Å².